The fourth-order valence-corrected chi connectivity index (χ4v) is 2.01. The summed E-state index contributed by atoms with van der Waals surface area (Å²) in [4.78, 5) is 26.4. The van der Waals surface area contributed by atoms with Gasteiger partial charge in [0.05, 0.1) is 0 Å². The summed E-state index contributed by atoms with van der Waals surface area (Å²) in [5.74, 6) is -1.14. The van der Waals surface area contributed by atoms with Crippen molar-refractivity contribution in [1.29, 1.82) is 0 Å². The van der Waals surface area contributed by atoms with Crippen LogP contribution in [0.4, 0.5) is 10.6 Å². The van der Waals surface area contributed by atoms with E-state index in [0.29, 0.717) is 18.5 Å². The number of benzene rings is 1. The van der Waals surface area contributed by atoms with Gasteiger partial charge in [-0.3, -0.25) is 0 Å². The summed E-state index contributed by atoms with van der Waals surface area (Å²) in [6.45, 7) is 0.621. The Morgan fingerprint density at radius 3 is 2.76 bits per heavy atom. The number of nitrogen functional groups attached to an aromatic ring is 1. The zero-order chi connectivity index (χ0) is 18.1. The molecule has 7 nitrogen and oxygen atoms in total. The van der Waals surface area contributed by atoms with E-state index in [1.165, 1.54) is 12.3 Å². The highest BCUT2D eigenvalue weighted by Gasteiger charge is 2.08. The summed E-state index contributed by atoms with van der Waals surface area (Å²) >= 11 is 0. The molecule has 2 aromatic rings. The van der Waals surface area contributed by atoms with Gasteiger partial charge in [-0.05, 0) is 23.6 Å². The lowest BCUT2D eigenvalue weighted by Gasteiger charge is -2.06. The highest BCUT2D eigenvalue weighted by molar-refractivity contribution is 5.93. The van der Waals surface area contributed by atoms with Crippen LogP contribution >= 0.6 is 0 Å². The fourth-order valence-electron chi connectivity index (χ4n) is 2.01. The van der Waals surface area contributed by atoms with Gasteiger partial charge in [0.2, 0.25) is 0 Å². The van der Waals surface area contributed by atoms with Gasteiger partial charge in [-0.15, -0.1) is 0 Å². The third-order valence-corrected chi connectivity index (χ3v) is 3.27. The molecule has 0 unspecified atom stereocenters. The van der Waals surface area contributed by atoms with Crippen molar-refractivity contribution in [2.75, 3.05) is 12.3 Å². The molecule has 0 spiro atoms. The SMILES string of the molecule is Nc1ncc(C=CCCNC(=O)OCc2ccccc2)cc1C(=O)O. The highest BCUT2D eigenvalue weighted by Crippen LogP contribution is 2.12. The van der Waals surface area contributed by atoms with E-state index >= 15 is 0 Å². The second-order valence-electron chi connectivity index (χ2n) is 5.19. The van der Waals surface area contributed by atoms with Crippen LogP contribution in [0.1, 0.15) is 27.9 Å². The van der Waals surface area contributed by atoms with E-state index < -0.39 is 12.1 Å². The number of anilines is 1. The van der Waals surface area contributed by atoms with Gasteiger partial charge in [0.15, 0.2) is 0 Å². The number of carboxylic acid groups (broad SMARTS) is 1. The Balaban J connectivity index is 1.72. The molecule has 0 saturated carbocycles. The molecule has 1 aromatic carbocycles. The number of carbonyl (C=O) groups is 2. The zero-order valence-electron chi connectivity index (χ0n) is 13.5. The van der Waals surface area contributed by atoms with Crippen molar-refractivity contribution < 1.29 is 19.4 Å². The van der Waals surface area contributed by atoms with Crippen LogP contribution in [0, 0.1) is 0 Å². The summed E-state index contributed by atoms with van der Waals surface area (Å²) in [6, 6.07) is 10.9. The van der Waals surface area contributed by atoms with Crippen LogP contribution in [0.2, 0.25) is 0 Å². The number of hydrogen-bond acceptors (Lipinski definition) is 5. The maximum atomic E-state index is 11.6. The monoisotopic (exact) mass is 341 g/mol. The van der Waals surface area contributed by atoms with Crippen molar-refractivity contribution in [2.45, 2.75) is 13.0 Å². The molecule has 2 rings (SSSR count). The average molecular weight is 341 g/mol. The molecular weight excluding hydrogens is 322 g/mol. The molecule has 0 radical (unpaired) electrons. The molecule has 4 N–H and O–H groups in total. The van der Waals surface area contributed by atoms with E-state index in [9.17, 15) is 9.59 Å². The lowest BCUT2D eigenvalue weighted by atomic mass is 10.1. The minimum Gasteiger partial charge on any atom is -0.478 e. The Morgan fingerprint density at radius 2 is 2.04 bits per heavy atom. The van der Waals surface area contributed by atoms with Crippen molar-refractivity contribution in [1.82, 2.24) is 10.3 Å². The number of carbonyl (C=O) groups excluding carboxylic acids is 1. The first-order valence-corrected chi connectivity index (χ1v) is 7.66. The van der Waals surface area contributed by atoms with E-state index in [1.807, 2.05) is 30.3 Å². The zero-order valence-corrected chi connectivity index (χ0v) is 13.5. The highest BCUT2D eigenvalue weighted by atomic mass is 16.5. The number of ether oxygens (including phenoxy) is 1. The summed E-state index contributed by atoms with van der Waals surface area (Å²) in [5.41, 5.74) is 7.00. The summed E-state index contributed by atoms with van der Waals surface area (Å²) < 4.78 is 5.08. The second-order valence-corrected chi connectivity index (χ2v) is 5.19. The standard InChI is InChI=1S/C18H19N3O4/c19-16-15(17(22)23)10-14(11-21-16)8-4-5-9-20-18(24)25-12-13-6-2-1-3-7-13/h1-4,6-8,10-11H,5,9,12H2,(H2,19,21)(H,20,24)(H,22,23). The maximum Gasteiger partial charge on any atom is 0.407 e. The molecule has 1 heterocycles. The first-order chi connectivity index (χ1) is 12.1. The van der Waals surface area contributed by atoms with Gasteiger partial charge in [-0.2, -0.15) is 0 Å². The Kier molecular flexibility index (Phi) is 6.53. The third kappa shape index (κ3) is 5.98. The van der Waals surface area contributed by atoms with Crippen molar-refractivity contribution in [3.8, 4) is 0 Å². The number of amides is 1. The van der Waals surface area contributed by atoms with Gasteiger partial charge in [-0.25, -0.2) is 14.6 Å². The van der Waals surface area contributed by atoms with Gasteiger partial charge in [0.1, 0.15) is 18.0 Å². The molecule has 1 aromatic heterocycles. The minimum atomic E-state index is -1.12. The van der Waals surface area contributed by atoms with Gasteiger partial charge in [0, 0.05) is 12.7 Å². The van der Waals surface area contributed by atoms with Crippen LogP contribution < -0.4 is 11.1 Å². The molecule has 0 bridgehead atoms. The van der Waals surface area contributed by atoms with E-state index in [2.05, 4.69) is 10.3 Å². The molecule has 0 fully saturated rings. The number of nitrogens with one attached hydrogen (secondary N) is 1. The van der Waals surface area contributed by atoms with Crippen LogP contribution in [0.5, 0.6) is 0 Å². The molecule has 0 atom stereocenters. The predicted molar refractivity (Wildman–Crippen MR) is 93.9 cm³/mol. The number of aromatic carboxylic acids is 1. The molecule has 7 heteroatoms. The smallest absolute Gasteiger partial charge is 0.407 e. The molecule has 0 aliphatic carbocycles. The Hall–Kier alpha value is -3.35. The van der Waals surface area contributed by atoms with Crippen molar-refractivity contribution in [3.05, 3.63) is 65.4 Å². The fraction of sp³-hybridized carbons (Fsp3) is 0.167. The number of aromatic nitrogens is 1. The quantitative estimate of drug-likeness (QED) is 0.667. The minimum absolute atomic E-state index is 0.0209. The summed E-state index contributed by atoms with van der Waals surface area (Å²) in [5, 5.41) is 11.6. The number of carboxylic acids is 1. The number of alkyl carbamates (subject to hydrolysis) is 1. The first kappa shape index (κ1) is 18.0. The lowest BCUT2D eigenvalue weighted by Crippen LogP contribution is -2.24. The number of hydrogen-bond donors (Lipinski definition) is 3. The average Bonchev–Trinajstić information content (AvgIpc) is 2.61. The topological polar surface area (TPSA) is 115 Å². The Morgan fingerprint density at radius 1 is 1.28 bits per heavy atom. The lowest BCUT2D eigenvalue weighted by molar-refractivity contribution is 0.0697. The molecule has 25 heavy (non-hydrogen) atoms. The van der Waals surface area contributed by atoms with Crippen molar-refractivity contribution in [2.24, 2.45) is 0 Å². The van der Waals surface area contributed by atoms with Crippen LogP contribution in [-0.4, -0.2) is 28.7 Å². The van der Waals surface area contributed by atoms with Crippen LogP contribution in [-0.2, 0) is 11.3 Å². The summed E-state index contributed by atoms with van der Waals surface area (Å²) in [7, 11) is 0. The normalized spacial score (nSPS) is 10.6. The molecule has 0 aliphatic heterocycles. The van der Waals surface area contributed by atoms with Crippen molar-refractivity contribution >= 4 is 24.0 Å². The Bertz CT molecular complexity index is 760. The Labute approximate surface area is 145 Å². The van der Waals surface area contributed by atoms with Gasteiger partial charge >= 0.3 is 12.1 Å². The number of nitrogens with zero attached hydrogens (tertiary/aromatic N) is 1. The van der Waals surface area contributed by atoms with Crippen molar-refractivity contribution in [3.63, 3.8) is 0 Å². The number of rotatable bonds is 7. The van der Waals surface area contributed by atoms with Crippen LogP contribution in [0.15, 0.2) is 48.7 Å². The van der Waals surface area contributed by atoms with E-state index in [0.717, 1.165) is 5.56 Å². The summed E-state index contributed by atoms with van der Waals surface area (Å²) in [6.07, 6.45) is 5.08. The van der Waals surface area contributed by atoms with Crippen LogP contribution in [0.3, 0.4) is 0 Å². The maximum absolute atomic E-state index is 11.6. The largest absolute Gasteiger partial charge is 0.478 e. The molecule has 0 saturated heterocycles. The van der Waals surface area contributed by atoms with Gasteiger partial charge < -0.3 is 20.9 Å². The van der Waals surface area contributed by atoms with Crippen LogP contribution in [0.25, 0.3) is 6.08 Å². The second kappa shape index (κ2) is 9.07. The van der Waals surface area contributed by atoms with E-state index in [1.54, 1.807) is 12.2 Å². The molecule has 130 valence electrons. The molecule has 1 amide bonds. The van der Waals surface area contributed by atoms with E-state index in [-0.39, 0.29) is 18.0 Å². The third-order valence-electron chi connectivity index (χ3n) is 3.27. The predicted octanol–water partition coefficient (Wildman–Crippen LogP) is 2.69. The van der Waals surface area contributed by atoms with Gasteiger partial charge in [-0.1, -0.05) is 42.5 Å². The number of pyridine rings is 1. The molecular formula is C18H19N3O4. The number of nitrogens with two attached hydrogens (primary N) is 1. The van der Waals surface area contributed by atoms with Gasteiger partial charge in [0.25, 0.3) is 0 Å². The first-order valence-electron chi connectivity index (χ1n) is 7.66. The molecule has 0 aliphatic rings. The van der Waals surface area contributed by atoms with E-state index in [4.69, 9.17) is 15.6 Å².